The summed E-state index contributed by atoms with van der Waals surface area (Å²) in [4.78, 5) is 0. The zero-order valence-electron chi connectivity index (χ0n) is 11.3. The lowest BCUT2D eigenvalue weighted by atomic mass is 9.95. The minimum absolute atomic E-state index is 0.191. The average Bonchev–Trinajstić information content (AvgIpc) is 2.53. The lowest BCUT2D eigenvalue weighted by Gasteiger charge is -2.15. The van der Waals surface area contributed by atoms with Gasteiger partial charge in [-0.15, -0.1) is 0 Å². The SMILES string of the molecule is Nc1ccc(-c2c(O)c(O)c(O)c(O)c2O)c2ccccc12. The molecule has 0 amide bonds. The van der Waals surface area contributed by atoms with E-state index in [1.807, 2.05) is 0 Å². The van der Waals surface area contributed by atoms with Crippen LogP contribution in [0.15, 0.2) is 36.4 Å². The number of benzene rings is 3. The van der Waals surface area contributed by atoms with Crippen molar-refractivity contribution >= 4 is 16.5 Å². The van der Waals surface area contributed by atoms with Crippen molar-refractivity contribution in [3.63, 3.8) is 0 Å². The third-order valence-electron chi connectivity index (χ3n) is 3.60. The van der Waals surface area contributed by atoms with Crippen LogP contribution in [-0.2, 0) is 0 Å². The first-order chi connectivity index (χ1) is 10.4. The first-order valence-corrected chi connectivity index (χ1v) is 6.39. The molecule has 3 aromatic rings. The first-order valence-electron chi connectivity index (χ1n) is 6.39. The van der Waals surface area contributed by atoms with Crippen molar-refractivity contribution in [3.05, 3.63) is 36.4 Å². The summed E-state index contributed by atoms with van der Waals surface area (Å²) in [5, 5.41) is 50.2. The molecule has 112 valence electrons. The molecule has 0 aromatic heterocycles. The van der Waals surface area contributed by atoms with E-state index in [0.29, 0.717) is 22.0 Å². The third kappa shape index (κ3) is 1.74. The summed E-state index contributed by atoms with van der Waals surface area (Å²) in [6, 6.07) is 10.1. The van der Waals surface area contributed by atoms with Gasteiger partial charge in [0, 0.05) is 11.1 Å². The molecule has 3 aromatic carbocycles. The highest BCUT2D eigenvalue weighted by atomic mass is 16.4. The average molecular weight is 299 g/mol. The molecule has 0 saturated heterocycles. The summed E-state index contributed by atoms with van der Waals surface area (Å²) in [5.74, 6) is -4.28. The predicted molar refractivity (Wildman–Crippen MR) is 82.1 cm³/mol. The number of rotatable bonds is 1. The molecule has 0 atom stereocenters. The molecule has 0 fully saturated rings. The van der Waals surface area contributed by atoms with E-state index in [2.05, 4.69) is 0 Å². The van der Waals surface area contributed by atoms with Crippen molar-refractivity contribution in [2.24, 2.45) is 0 Å². The Labute approximate surface area is 124 Å². The highest BCUT2D eigenvalue weighted by Crippen LogP contribution is 2.55. The minimum atomic E-state index is -0.987. The highest BCUT2D eigenvalue weighted by Gasteiger charge is 2.25. The zero-order valence-corrected chi connectivity index (χ0v) is 11.3. The molecule has 0 aliphatic carbocycles. The summed E-state index contributed by atoms with van der Waals surface area (Å²) in [7, 11) is 0. The second-order valence-electron chi connectivity index (χ2n) is 4.87. The smallest absolute Gasteiger partial charge is 0.208 e. The third-order valence-corrected chi connectivity index (χ3v) is 3.60. The number of aromatic hydroxyl groups is 5. The monoisotopic (exact) mass is 299 g/mol. The summed E-state index contributed by atoms with van der Waals surface area (Å²) >= 11 is 0. The fourth-order valence-corrected chi connectivity index (χ4v) is 2.48. The van der Waals surface area contributed by atoms with Crippen LogP contribution >= 0.6 is 0 Å². The Bertz CT molecular complexity index is 876. The molecule has 0 bridgehead atoms. The molecule has 0 aliphatic rings. The molecular weight excluding hydrogens is 286 g/mol. The van der Waals surface area contributed by atoms with Crippen molar-refractivity contribution in [1.29, 1.82) is 0 Å². The predicted octanol–water partition coefficient (Wildman–Crippen LogP) is 2.62. The highest BCUT2D eigenvalue weighted by molar-refractivity contribution is 6.05. The van der Waals surface area contributed by atoms with Crippen LogP contribution in [0.2, 0.25) is 0 Å². The van der Waals surface area contributed by atoms with Crippen LogP contribution in [0.5, 0.6) is 28.7 Å². The number of nitrogen functional groups attached to an aromatic ring is 1. The Hall–Kier alpha value is -3.28. The van der Waals surface area contributed by atoms with Gasteiger partial charge in [-0.1, -0.05) is 30.3 Å². The first kappa shape index (κ1) is 13.7. The largest absolute Gasteiger partial charge is 0.504 e. The molecule has 0 aliphatic heterocycles. The molecule has 3 rings (SSSR count). The molecule has 22 heavy (non-hydrogen) atoms. The van der Waals surface area contributed by atoms with Gasteiger partial charge in [0.2, 0.25) is 17.2 Å². The van der Waals surface area contributed by atoms with Crippen LogP contribution < -0.4 is 5.73 Å². The Morgan fingerprint density at radius 2 is 1.09 bits per heavy atom. The molecule has 0 spiro atoms. The number of fused-ring (bicyclic) bond motifs is 1. The van der Waals surface area contributed by atoms with E-state index in [1.165, 1.54) is 0 Å². The van der Waals surface area contributed by atoms with E-state index in [9.17, 15) is 25.5 Å². The quantitative estimate of drug-likeness (QED) is 0.233. The number of anilines is 1. The molecular formula is C16H13NO5. The van der Waals surface area contributed by atoms with Crippen molar-refractivity contribution in [2.75, 3.05) is 5.73 Å². The molecule has 0 radical (unpaired) electrons. The van der Waals surface area contributed by atoms with Crippen LogP contribution in [-0.4, -0.2) is 25.5 Å². The van der Waals surface area contributed by atoms with E-state index >= 15 is 0 Å². The second-order valence-corrected chi connectivity index (χ2v) is 4.87. The standard InChI is InChI=1S/C16H13NO5/c17-10-6-5-9(7-3-1-2-4-8(7)10)11-12(18)14(20)16(22)15(21)13(11)19/h1-6,18-22H,17H2. The molecule has 6 heteroatoms. The van der Waals surface area contributed by atoms with Crippen LogP contribution in [0.1, 0.15) is 0 Å². The van der Waals surface area contributed by atoms with Gasteiger partial charge >= 0.3 is 0 Å². The van der Waals surface area contributed by atoms with E-state index in [4.69, 9.17) is 5.73 Å². The normalized spacial score (nSPS) is 10.9. The van der Waals surface area contributed by atoms with Crippen molar-refractivity contribution < 1.29 is 25.5 Å². The topological polar surface area (TPSA) is 127 Å². The van der Waals surface area contributed by atoms with Gasteiger partial charge in [0.05, 0.1) is 5.56 Å². The zero-order chi connectivity index (χ0) is 16.0. The number of phenols is 5. The fourth-order valence-electron chi connectivity index (χ4n) is 2.48. The fraction of sp³-hybridized carbons (Fsp3) is 0. The van der Waals surface area contributed by atoms with Gasteiger partial charge in [0.1, 0.15) is 0 Å². The van der Waals surface area contributed by atoms with Crippen molar-refractivity contribution in [3.8, 4) is 39.9 Å². The Balaban J connectivity index is 2.46. The Morgan fingerprint density at radius 3 is 1.68 bits per heavy atom. The maximum Gasteiger partial charge on any atom is 0.208 e. The van der Waals surface area contributed by atoms with Gasteiger partial charge in [-0.05, 0) is 17.0 Å². The van der Waals surface area contributed by atoms with E-state index in [-0.39, 0.29) is 5.56 Å². The summed E-state index contributed by atoms with van der Waals surface area (Å²) in [6.07, 6.45) is 0. The maximum atomic E-state index is 10.1. The Morgan fingerprint density at radius 1 is 0.591 bits per heavy atom. The summed E-state index contributed by atoms with van der Waals surface area (Å²) in [5.41, 5.74) is 6.57. The van der Waals surface area contributed by atoms with Crippen LogP contribution in [0.3, 0.4) is 0 Å². The van der Waals surface area contributed by atoms with Gasteiger partial charge in [0.25, 0.3) is 0 Å². The van der Waals surface area contributed by atoms with Crippen LogP contribution in [0.25, 0.3) is 21.9 Å². The van der Waals surface area contributed by atoms with Gasteiger partial charge in [-0.2, -0.15) is 0 Å². The molecule has 7 N–H and O–H groups in total. The molecule has 6 nitrogen and oxygen atoms in total. The summed E-state index contributed by atoms with van der Waals surface area (Å²) < 4.78 is 0. The van der Waals surface area contributed by atoms with Gasteiger partial charge in [-0.3, -0.25) is 0 Å². The number of phenolic OH excluding ortho intramolecular Hbond substituents is 5. The molecule has 0 heterocycles. The number of hydrogen-bond donors (Lipinski definition) is 6. The van der Waals surface area contributed by atoms with E-state index in [1.54, 1.807) is 36.4 Å². The number of nitrogens with two attached hydrogens (primary N) is 1. The van der Waals surface area contributed by atoms with Gasteiger partial charge in [0.15, 0.2) is 11.5 Å². The number of hydrogen-bond acceptors (Lipinski definition) is 6. The van der Waals surface area contributed by atoms with Crippen molar-refractivity contribution in [1.82, 2.24) is 0 Å². The van der Waals surface area contributed by atoms with Gasteiger partial charge < -0.3 is 31.3 Å². The molecule has 0 unspecified atom stereocenters. The maximum absolute atomic E-state index is 10.1. The minimum Gasteiger partial charge on any atom is -0.504 e. The van der Waals surface area contributed by atoms with Gasteiger partial charge in [-0.25, -0.2) is 0 Å². The Kier molecular flexibility index (Phi) is 2.88. The van der Waals surface area contributed by atoms with E-state index < -0.39 is 28.7 Å². The van der Waals surface area contributed by atoms with Crippen molar-refractivity contribution in [2.45, 2.75) is 0 Å². The lowest BCUT2D eigenvalue weighted by Crippen LogP contribution is -1.90. The van der Waals surface area contributed by atoms with E-state index in [0.717, 1.165) is 0 Å². The molecule has 0 saturated carbocycles. The van der Waals surface area contributed by atoms with Crippen LogP contribution in [0.4, 0.5) is 5.69 Å². The van der Waals surface area contributed by atoms with Crippen LogP contribution in [0, 0.1) is 0 Å². The lowest BCUT2D eigenvalue weighted by molar-refractivity contribution is 0.330. The second kappa shape index (κ2) is 4.63. The summed E-state index contributed by atoms with van der Waals surface area (Å²) in [6.45, 7) is 0.